The van der Waals surface area contributed by atoms with E-state index in [9.17, 15) is 9.59 Å². The predicted octanol–water partition coefficient (Wildman–Crippen LogP) is 2.01. The Bertz CT molecular complexity index is 756. The van der Waals surface area contributed by atoms with Crippen LogP contribution >= 0.6 is 11.6 Å². The molecule has 0 atom stereocenters. The van der Waals surface area contributed by atoms with Gasteiger partial charge >= 0.3 is 0 Å². The standard InChI is InChI=1S/C17H19ClN2O4/c1-12-9-15(23-2)10-17(22)20(12)8-7-19-16(21)11-24-14-5-3-13(18)4-6-14/h3-6,9-10H,7-8,11H2,1-2H3,(H,19,21). The second kappa shape index (κ2) is 8.40. The molecule has 0 saturated heterocycles. The molecule has 0 spiro atoms. The van der Waals surface area contributed by atoms with E-state index < -0.39 is 0 Å². The van der Waals surface area contributed by atoms with Gasteiger partial charge in [-0.05, 0) is 37.3 Å². The third-order valence-corrected chi connectivity index (χ3v) is 3.64. The second-order valence-corrected chi connectivity index (χ2v) is 5.56. The van der Waals surface area contributed by atoms with Crippen LogP contribution in [0.15, 0.2) is 41.2 Å². The summed E-state index contributed by atoms with van der Waals surface area (Å²) >= 11 is 5.78. The summed E-state index contributed by atoms with van der Waals surface area (Å²) in [7, 11) is 1.51. The van der Waals surface area contributed by atoms with Crippen LogP contribution in [0.1, 0.15) is 5.69 Å². The Labute approximate surface area is 145 Å². The Balaban J connectivity index is 1.80. The van der Waals surface area contributed by atoms with Crippen LogP contribution in [0.4, 0.5) is 0 Å². The van der Waals surface area contributed by atoms with E-state index in [-0.39, 0.29) is 18.1 Å². The third kappa shape index (κ3) is 5.03. The van der Waals surface area contributed by atoms with Crippen molar-refractivity contribution in [2.45, 2.75) is 13.5 Å². The lowest BCUT2D eigenvalue weighted by molar-refractivity contribution is -0.123. The molecular formula is C17H19ClN2O4. The van der Waals surface area contributed by atoms with Crippen molar-refractivity contribution >= 4 is 17.5 Å². The van der Waals surface area contributed by atoms with Gasteiger partial charge < -0.3 is 19.4 Å². The van der Waals surface area contributed by atoms with Crippen molar-refractivity contribution in [2.24, 2.45) is 0 Å². The van der Waals surface area contributed by atoms with E-state index in [0.29, 0.717) is 29.6 Å². The molecule has 1 aromatic carbocycles. The van der Waals surface area contributed by atoms with Crippen molar-refractivity contribution in [3.8, 4) is 11.5 Å². The molecule has 128 valence electrons. The topological polar surface area (TPSA) is 69.6 Å². The summed E-state index contributed by atoms with van der Waals surface area (Å²) in [5.41, 5.74) is 0.601. The molecule has 0 saturated carbocycles. The number of benzene rings is 1. The molecule has 0 radical (unpaired) electrons. The lowest BCUT2D eigenvalue weighted by Crippen LogP contribution is -2.34. The number of carbonyl (C=O) groups is 1. The minimum atomic E-state index is -0.260. The molecule has 7 heteroatoms. The van der Waals surface area contributed by atoms with Crippen molar-refractivity contribution in [3.63, 3.8) is 0 Å². The summed E-state index contributed by atoms with van der Waals surface area (Å²) in [4.78, 5) is 23.7. The maximum atomic E-state index is 12.0. The minimum Gasteiger partial charge on any atom is -0.496 e. The number of aromatic nitrogens is 1. The lowest BCUT2D eigenvalue weighted by Gasteiger charge is -2.12. The van der Waals surface area contributed by atoms with Gasteiger partial charge in [0.25, 0.3) is 11.5 Å². The summed E-state index contributed by atoms with van der Waals surface area (Å²) in [6, 6.07) is 9.94. The van der Waals surface area contributed by atoms with Gasteiger partial charge in [-0.25, -0.2) is 0 Å². The van der Waals surface area contributed by atoms with Crippen molar-refractivity contribution in [1.82, 2.24) is 9.88 Å². The van der Waals surface area contributed by atoms with E-state index >= 15 is 0 Å². The Morgan fingerprint density at radius 3 is 2.54 bits per heavy atom. The summed E-state index contributed by atoms with van der Waals surface area (Å²) in [6.07, 6.45) is 0. The summed E-state index contributed by atoms with van der Waals surface area (Å²) in [5, 5.41) is 3.32. The molecule has 2 rings (SSSR count). The third-order valence-electron chi connectivity index (χ3n) is 3.39. The van der Waals surface area contributed by atoms with E-state index in [4.69, 9.17) is 21.1 Å². The number of amides is 1. The van der Waals surface area contributed by atoms with Gasteiger partial charge in [-0.2, -0.15) is 0 Å². The summed E-state index contributed by atoms with van der Waals surface area (Å²) in [5.74, 6) is 0.829. The molecule has 0 aliphatic carbocycles. The number of hydrogen-bond donors (Lipinski definition) is 1. The Morgan fingerprint density at radius 2 is 1.92 bits per heavy atom. The van der Waals surface area contributed by atoms with Crippen LogP contribution in [0.25, 0.3) is 0 Å². The normalized spacial score (nSPS) is 10.3. The summed E-state index contributed by atoms with van der Waals surface area (Å²) in [6.45, 7) is 2.42. The van der Waals surface area contributed by atoms with Crippen LogP contribution in [-0.2, 0) is 11.3 Å². The molecule has 0 fully saturated rings. The van der Waals surface area contributed by atoms with E-state index in [0.717, 1.165) is 5.69 Å². The highest BCUT2D eigenvalue weighted by molar-refractivity contribution is 6.30. The smallest absolute Gasteiger partial charge is 0.258 e. The van der Waals surface area contributed by atoms with E-state index in [1.807, 2.05) is 6.92 Å². The predicted molar refractivity (Wildman–Crippen MR) is 91.9 cm³/mol. The number of nitrogens with one attached hydrogen (secondary N) is 1. The van der Waals surface area contributed by atoms with Gasteiger partial charge in [-0.3, -0.25) is 9.59 Å². The van der Waals surface area contributed by atoms with Gasteiger partial charge in [0.1, 0.15) is 11.5 Å². The maximum absolute atomic E-state index is 12.0. The monoisotopic (exact) mass is 350 g/mol. The van der Waals surface area contributed by atoms with Gasteiger partial charge in [0.15, 0.2) is 6.61 Å². The number of methoxy groups -OCH3 is 1. The zero-order valence-electron chi connectivity index (χ0n) is 13.5. The number of rotatable bonds is 7. The minimum absolute atomic E-state index is 0.0991. The molecule has 0 unspecified atom stereocenters. The number of ether oxygens (including phenoxy) is 2. The largest absolute Gasteiger partial charge is 0.496 e. The van der Waals surface area contributed by atoms with Crippen LogP contribution in [0.2, 0.25) is 5.02 Å². The average molecular weight is 351 g/mol. The molecule has 1 aromatic heterocycles. The lowest BCUT2D eigenvalue weighted by atomic mass is 10.3. The highest BCUT2D eigenvalue weighted by Crippen LogP contribution is 2.15. The first-order chi connectivity index (χ1) is 11.5. The highest BCUT2D eigenvalue weighted by Gasteiger charge is 2.06. The Kier molecular flexibility index (Phi) is 6.26. The van der Waals surface area contributed by atoms with Gasteiger partial charge in [0.05, 0.1) is 7.11 Å². The maximum Gasteiger partial charge on any atom is 0.258 e. The van der Waals surface area contributed by atoms with E-state index in [1.165, 1.54) is 13.2 Å². The zero-order chi connectivity index (χ0) is 17.5. The molecule has 1 N–H and O–H groups in total. The zero-order valence-corrected chi connectivity index (χ0v) is 14.3. The average Bonchev–Trinajstić information content (AvgIpc) is 2.56. The van der Waals surface area contributed by atoms with Crippen molar-refractivity contribution in [1.29, 1.82) is 0 Å². The fourth-order valence-electron chi connectivity index (χ4n) is 2.14. The van der Waals surface area contributed by atoms with Gasteiger partial charge in [0, 0.05) is 29.9 Å². The number of hydrogen-bond acceptors (Lipinski definition) is 4. The molecule has 0 bridgehead atoms. The van der Waals surface area contributed by atoms with Crippen LogP contribution in [0.3, 0.4) is 0 Å². The number of nitrogens with zero attached hydrogens (tertiary/aromatic N) is 1. The van der Waals surface area contributed by atoms with E-state index in [2.05, 4.69) is 5.32 Å². The number of halogens is 1. The number of aryl methyl sites for hydroxylation is 1. The molecule has 24 heavy (non-hydrogen) atoms. The molecule has 2 aromatic rings. The summed E-state index contributed by atoms with van der Waals surface area (Å²) < 4.78 is 12.0. The first kappa shape index (κ1) is 17.9. The SMILES string of the molecule is COc1cc(C)n(CCNC(=O)COc2ccc(Cl)cc2)c(=O)c1. The molecule has 1 heterocycles. The number of pyridine rings is 1. The molecule has 1 amide bonds. The first-order valence-corrected chi connectivity index (χ1v) is 7.78. The fourth-order valence-corrected chi connectivity index (χ4v) is 2.27. The number of carbonyl (C=O) groups excluding carboxylic acids is 1. The van der Waals surface area contributed by atoms with Crippen molar-refractivity contribution < 1.29 is 14.3 Å². The Hall–Kier alpha value is -2.47. The van der Waals surface area contributed by atoms with Crippen LogP contribution in [-0.4, -0.2) is 30.7 Å². The molecular weight excluding hydrogens is 332 g/mol. The quantitative estimate of drug-likeness (QED) is 0.829. The van der Waals surface area contributed by atoms with Crippen LogP contribution in [0, 0.1) is 6.92 Å². The van der Waals surface area contributed by atoms with Gasteiger partial charge in [-0.15, -0.1) is 0 Å². The molecule has 0 aliphatic heterocycles. The van der Waals surface area contributed by atoms with Crippen LogP contribution in [0.5, 0.6) is 11.5 Å². The van der Waals surface area contributed by atoms with Gasteiger partial charge in [0.2, 0.25) is 0 Å². The van der Waals surface area contributed by atoms with Crippen LogP contribution < -0.4 is 20.3 Å². The van der Waals surface area contributed by atoms with Gasteiger partial charge in [-0.1, -0.05) is 11.6 Å². The van der Waals surface area contributed by atoms with Crippen molar-refractivity contribution in [2.75, 3.05) is 20.3 Å². The highest BCUT2D eigenvalue weighted by atomic mass is 35.5. The van der Waals surface area contributed by atoms with Crippen molar-refractivity contribution in [3.05, 3.63) is 57.5 Å². The Morgan fingerprint density at radius 1 is 1.21 bits per heavy atom. The van der Waals surface area contributed by atoms with E-state index in [1.54, 1.807) is 34.9 Å². The molecule has 6 nitrogen and oxygen atoms in total. The molecule has 0 aliphatic rings. The second-order valence-electron chi connectivity index (χ2n) is 5.12. The fraction of sp³-hybridized carbons (Fsp3) is 0.294. The first-order valence-electron chi connectivity index (χ1n) is 7.40.